The lowest BCUT2D eigenvalue weighted by Gasteiger charge is -2.47. The van der Waals surface area contributed by atoms with Gasteiger partial charge in [-0.05, 0) is 57.1 Å². The van der Waals surface area contributed by atoms with E-state index in [1.807, 2.05) is 7.05 Å². The Morgan fingerprint density at radius 1 is 1.08 bits per heavy atom. The summed E-state index contributed by atoms with van der Waals surface area (Å²) in [6.07, 6.45) is 9.07. The number of guanidine groups is 1. The summed E-state index contributed by atoms with van der Waals surface area (Å²) in [6.45, 7) is 0. The third-order valence-electron chi connectivity index (χ3n) is 6.49. The first-order chi connectivity index (χ1) is 12.2. The highest BCUT2D eigenvalue weighted by Crippen LogP contribution is 2.34. The maximum atomic E-state index is 4.50. The molecule has 25 heavy (non-hydrogen) atoms. The third kappa shape index (κ3) is 4.00. The summed E-state index contributed by atoms with van der Waals surface area (Å²) in [7, 11) is 4.22. The van der Waals surface area contributed by atoms with Gasteiger partial charge in [-0.1, -0.05) is 36.8 Å². The molecule has 0 spiro atoms. The third-order valence-corrected chi connectivity index (χ3v) is 6.49. The molecule has 1 aromatic rings. The Kier molecular flexibility index (Phi) is 4.98. The lowest BCUT2D eigenvalue weighted by molar-refractivity contribution is 0.0526. The molecule has 3 fully saturated rings. The van der Waals surface area contributed by atoms with Gasteiger partial charge in [0, 0.05) is 31.2 Å². The summed E-state index contributed by atoms with van der Waals surface area (Å²) in [5.74, 6) is 1.76. The van der Waals surface area contributed by atoms with Crippen molar-refractivity contribution in [2.45, 2.75) is 69.1 Å². The molecule has 0 radical (unpaired) electrons. The van der Waals surface area contributed by atoms with Crippen molar-refractivity contribution in [2.24, 2.45) is 10.9 Å². The van der Waals surface area contributed by atoms with E-state index in [0.717, 1.165) is 24.0 Å². The largest absolute Gasteiger partial charge is 0.354 e. The van der Waals surface area contributed by atoms with Crippen molar-refractivity contribution in [1.82, 2.24) is 15.5 Å². The van der Waals surface area contributed by atoms with Crippen LogP contribution in [0.25, 0.3) is 0 Å². The van der Waals surface area contributed by atoms with Gasteiger partial charge in [0.25, 0.3) is 0 Å². The van der Waals surface area contributed by atoms with Crippen molar-refractivity contribution in [3.05, 3.63) is 35.9 Å². The van der Waals surface area contributed by atoms with Gasteiger partial charge >= 0.3 is 0 Å². The SMILES string of the molecule is CN=C(NC1CC2CCCC(C1)N2C)NC1CC1Cc1ccccc1. The molecule has 4 heteroatoms. The van der Waals surface area contributed by atoms with Crippen LogP contribution in [-0.4, -0.2) is 49.1 Å². The van der Waals surface area contributed by atoms with Gasteiger partial charge < -0.3 is 15.5 Å². The summed E-state index contributed by atoms with van der Waals surface area (Å²) in [5, 5.41) is 7.38. The van der Waals surface area contributed by atoms with Gasteiger partial charge in [0.1, 0.15) is 0 Å². The first-order valence-corrected chi connectivity index (χ1v) is 9.98. The van der Waals surface area contributed by atoms with Crippen LogP contribution < -0.4 is 10.6 Å². The van der Waals surface area contributed by atoms with Crippen LogP contribution in [-0.2, 0) is 6.42 Å². The Bertz CT molecular complexity index is 585. The standard InChI is InChI=1S/C21H32N4/c1-22-21(23-17-13-18-9-6-10-19(14-17)25(18)2)24-20-12-16(20)11-15-7-4-3-5-8-15/h3-5,7-8,16-20H,6,9-14H2,1-2H3,(H2,22,23,24). The summed E-state index contributed by atoms with van der Waals surface area (Å²) in [6, 6.07) is 13.5. The number of benzene rings is 1. The van der Waals surface area contributed by atoms with E-state index in [4.69, 9.17) is 0 Å². The normalized spacial score (nSPS) is 35.3. The Labute approximate surface area is 152 Å². The molecule has 2 heterocycles. The minimum absolute atomic E-state index is 0.573. The van der Waals surface area contributed by atoms with E-state index in [9.17, 15) is 0 Å². The van der Waals surface area contributed by atoms with Crippen LogP contribution in [0.4, 0.5) is 0 Å². The Balaban J connectivity index is 1.26. The lowest BCUT2D eigenvalue weighted by Crippen LogP contribution is -2.56. The second kappa shape index (κ2) is 7.36. The van der Waals surface area contributed by atoms with Gasteiger partial charge in [-0.15, -0.1) is 0 Å². The molecule has 1 saturated carbocycles. The van der Waals surface area contributed by atoms with Gasteiger partial charge in [0.15, 0.2) is 5.96 Å². The highest BCUT2D eigenvalue weighted by molar-refractivity contribution is 5.80. The molecular weight excluding hydrogens is 308 g/mol. The summed E-state index contributed by atoms with van der Waals surface area (Å²) in [4.78, 5) is 7.12. The Morgan fingerprint density at radius 2 is 1.80 bits per heavy atom. The van der Waals surface area contributed by atoms with E-state index in [2.05, 4.69) is 57.9 Å². The van der Waals surface area contributed by atoms with Crippen molar-refractivity contribution in [1.29, 1.82) is 0 Å². The van der Waals surface area contributed by atoms with Crippen molar-refractivity contribution in [3.63, 3.8) is 0 Å². The number of nitrogens with zero attached hydrogens (tertiary/aromatic N) is 2. The monoisotopic (exact) mass is 340 g/mol. The quantitative estimate of drug-likeness (QED) is 0.654. The van der Waals surface area contributed by atoms with Gasteiger partial charge in [-0.2, -0.15) is 0 Å². The molecule has 2 N–H and O–H groups in total. The van der Waals surface area contributed by atoms with Crippen molar-refractivity contribution in [2.75, 3.05) is 14.1 Å². The Morgan fingerprint density at radius 3 is 2.48 bits per heavy atom. The second-order valence-electron chi connectivity index (χ2n) is 8.23. The Hall–Kier alpha value is -1.55. The molecule has 4 unspecified atom stereocenters. The molecule has 136 valence electrons. The number of piperidine rings is 2. The first-order valence-electron chi connectivity index (χ1n) is 9.98. The molecule has 4 rings (SSSR count). The summed E-state index contributed by atoms with van der Waals surface area (Å²) in [5.41, 5.74) is 1.45. The van der Waals surface area contributed by atoms with E-state index in [1.54, 1.807) is 0 Å². The maximum Gasteiger partial charge on any atom is 0.191 e. The van der Waals surface area contributed by atoms with E-state index in [1.165, 1.54) is 50.5 Å². The first kappa shape index (κ1) is 16.9. The van der Waals surface area contributed by atoms with Crippen LogP contribution in [0.1, 0.15) is 44.1 Å². The molecule has 1 aliphatic carbocycles. The van der Waals surface area contributed by atoms with E-state index in [-0.39, 0.29) is 0 Å². The zero-order chi connectivity index (χ0) is 17.2. The maximum absolute atomic E-state index is 4.50. The fraction of sp³-hybridized carbons (Fsp3) is 0.667. The van der Waals surface area contributed by atoms with Crippen molar-refractivity contribution in [3.8, 4) is 0 Å². The van der Waals surface area contributed by atoms with Crippen LogP contribution in [0, 0.1) is 5.92 Å². The summed E-state index contributed by atoms with van der Waals surface area (Å²) < 4.78 is 0. The smallest absolute Gasteiger partial charge is 0.191 e. The highest BCUT2D eigenvalue weighted by Gasteiger charge is 2.39. The fourth-order valence-corrected chi connectivity index (χ4v) is 4.84. The number of hydrogen-bond acceptors (Lipinski definition) is 2. The highest BCUT2D eigenvalue weighted by atomic mass is 15.2. The van der Waals surface area contributed by atoms with Crippen LogP contribution >= 0.6 is 0 Å². The van der Waals surface area contributed by atoms with Crippen molar-refractivity contribution >= 4 is 5.96 Å². The fourth-order valence-electron chi connectivity index (χ4n) is 4.84. The predicted octanol–water partition coefficient (Wildman–Crippen LogP) is 2.80. The molecule has 1 aromatic carbocycles. The summed E-state index contributed by atoms with van der Waals surface area (Å²) >= 11 is 0. The van der Waals surface area contributed by atoms with E-state index in [0.29, 0.717) is 12.1 Å². The van der Waals surface area contributed by atoms with Crippen LogP contribution in [0.2, 0.25) is 0 Å². The predicted molar refractivity (Wildman–Crippen MR) is 104 cm³/mol. The topological polar surface area (TPSA) is 39.7 Å². The van der Waals surface area contributed by atoms with E-state index >= 15 is 0 Å². The molecular formula is C21H32N4. The minimum Gasteiger partial charge on any atom is -0.354 e. The number of aliphatic imine (C=N–C) groups is 1. The van der Waals surface area contributed by atoms with Gasteiger partial charge in [-0.3, -0.25) is 4.99 Å². The molecule has 0 amide bonds. The molecule has 0 aromatic heterocycles. The van der Waals surface area contributed by atoms with Gasteiger partial charge in [0.2, 0.25) is 0 Å². The second-order valence-corrected chi connectivity index (χ2v) is 8.23. The van der Waals surface area contributed by atoms with Gasteiger partial charge in [-0.25, -0.2) is 0 Å². The average Bonchev–Trinajstić information content (AvgIpc) is 3.33. The van der Waals surface area contributed by atoms with E-state index < -0.39 is 0 Å². The van der Waals surface area contributed by atoms with Gasteiger partial charge in [0.05, 0.1) is 0 Å². The molecule has 4 atom stereocenters. The number of fused-ring (bicyclic) bond motifs is 2. The lowest BCUT2D eigenvalue weighted by atomic mass is 9.82. The van der Waals surface area contributed by atoms with Crippen molar-refractivity contribution < 1.29 is 0 Å². The molecule has 3 aliphatic rings. The number of rotatable bonds is 4. The average molecular weight is 341 g/mol. The molecule has 2 saturated heterocycles. The molecule has 2 bridgehead atoms. The van der Waals surface area contributed by atoms with Crippen LogP contribution in [0.15, 0.2) is 35.3 Å². The zero-order valence-corrected chi connectivity index (χ0v) is 15.6. The molecule has 4 nitrogen and oxygen atoms in total. The number of hydrogen-bond donors (Lipinski definition) is 2. The molecule has 2 aliphatic heterocycles. The van der Waals surface area contributed by atoms with Crippen LogP contribution in [0.5, 0.6) is 0 Å². The van der Waals surface area contributed by atoms with Crippen LogP contribution in [0.3, 0.4) is 0 Å². The minimum atomic E-state index is 0.573. The number of nitrogens with one attached hydrogen (secondary N) is 2. The zero-order valence-electron chi connectivity index (χ0n) is 15.6.